The highest BCUT2D eigenvalue weighted by atomic mass is 16.5. The number of fused-ring (bicyclic) bond motifs is 2. The fourth-order valence-corrected chi connectivity index (χ4v) is 4.17. The molecule has 0 atom stereocenters. The third-order valence-electron chi connectivity index (χ3n) is 6.18. The molecule has 0 saturated carbocycles. The number of nitrogens with zero attached hydrogens (tertiary/aromatic N) is 3. The lowest BCUT2D eigenvalue weighted by atomic mass is 10.0. The molecule has 5 aromatic rings. The molecule has 0 aliphatic heterocycles. The lowest BCUT2D eigenvalue weighted by Gasteiger charge is -2.07. The minimum Gasteiger partial charge on any atom is -0.497 e. The lowest BCUT2D eigenvalue weighted by Crippen LogP contribution is -2.25. The summed E-state index contributed by atoms with van der Waals surface area (Å²) in [6.45, 7) is 2.09. The highest BCUT2D eigenvalue weighted by molar-refractivity contribution is 6.11. The Balaban J connectivity index is 1.25. The zero-order chi connectivity index (χ0) is 25.9. The summed E-state index contributed by atoms with van der Waals surface area (Å²) in [5.74, 6) is 0.492. The number of rotatable bonds is 8. The molecule has 186 valence electrons. The molecular weight excluding hydrogens is 472 g/mol. The number of ketones is 1. The maximum atomic E-state index is 13.0. The van der Waals surface area contributed by atoms with Gasteiger partial charge in [-0.2, -0.15) is 0 Å². The number of aryl methyl sites for hydroxylation is 2. The Morgan fingerprint density at radius 3 is 2.59 bits per heavy atom. The second kappa shape index (κ2) is 10.1. The van der Waals surface area contributed by atoms with E-state index in [1.165, 1.54) is 4.68 Å². The molecule has 1 amide bonds. The zero-order valence-corrected chi connectivity index (χ0v) is 20.4. The highest BCUT2D eigenvalue weighted by Gasteiger charge is 2.20. The number of carbonyl (C=O) groups excluding carboxylic acids is 2. The minimum absolute atomic E-state index is 0.197. The van der Waals surface area contributed by atoms with Gasteiger partial charge in [0.05, 0.1) is 12.5 Å². The zero-order valence-electron chi connectivity index (χ0n) is 20.4. The van der Waals surface area contributed by atoms with Gasteiger partial charge in [0.15, 0.2) is 5.76 Å². The molecule has 0 bridgehead atoms. The Labute approximate surface area is 211 Å². The summed E-state index contributed by atoms with van der Waals surface area (Å²) in [6, 6.07) is 19.1. The summed E-state index contributed by atoms with van der Waals surface area (Å²) in [4.78, 5) is 38.1. The Hall–Kier alpha value is -4.79. The predicted octanol–water partition coefficient (Wildman–Crippen LogP) is 4.50. The maximum Gasteiger partial charge on any atom is 0.277 e. The maximum absolute atomic E-state index is 13.0. The van der Waals surface area contributed by atoms with E-state index in [9.17, 15) is 14.4 Å². The molecule has 2 heterocycles. The van der Waals surface area contributed by atoms with Gasteiger partial charge in [0.1, 0.15) is 16.8 Å². The first-order valence-electron chi connectivity index (χ1n) is 11.8. The van der Waals surface area contributed by atoms with Crippen LogP contribution >= 0.6 is 0 Å². The van der Waals surface area contributed by atoms with Crippen LogP contribution in [-0.4, -0.2) is 33.8 Å². The number of nitrogens with one attached hydrogen (secondary N) is 1. The number of hydrogen-bond donors (Lipinski definition) is 1. The Morgan fingerprint density at radius 2 is 1.81 bits per heavy atom. The van der Waals surface area contributed by atoms with Gasteiger partial charge in [0.2, 0.25) is 11.7 Å². The SMILES string of the molecule is COc1ccc(C(=O)c2oc3ccc(NC(=O)CCCn4nnc5ccccc5c4=O)cc3c2C)cc1. The van der Waals surface area contributed by atoms with Gasteiger partial charge in [-0.05, 0) is 67.9 Å². The minimum atomic E-state index is -0.230. The smallest absolute Gasteiger partial charge is 0.277 e. The summed E-state index contributed by atoms with van der Waals surface area (Å²) in [6.07, 6.45) is 0.622. The molecule has 5 rings (SSSR count). The van der Waals surface area contributed by atoms with Crippen molar-refractivity contribution in [3.63, 3.8) is 0 Å². The quantitative estimate of drug-likeness (QED) is 0.314. The van der Waals surface area contributed by atoms with Gasteiger partial charge >= 0.3 is 0 Å². The topological polar surface area (TPSA) is 116 Å². The van der Waals surface area contributed by atoms with Crippen LogP contribution in [0.1, 0.15) is 34.5 Å². The predicted molar refractivity (Wildman–Crippen MR) is 139 cm³/mol. The first-order chi connectivity index (χ1) is 17.9. The number of hydrogen-bond acceptors (Lipinski definition) is 7. The number of benzene rings is 3. The van der Waals surface area contributed by atoms with Gasteiger partial charge in [0.25, 0.3) is 5.56 Å². The van der Waals surface area contributed by atoms with E-state index in [2.05, 4.69) is 15.6 Å². The summed E-state index contributed by atoms with van der Waals surface area (Å²) >= 11 is 0. The van der Waals surface area contributed by atoms with Crippen molar-refractivity contribution < 1.29 is 18.7 Å². The number of methoxy groups -OCH3 is 1. The van der Waals surface area contributed by atoms with Gasteiger partial charge in [-0.1, -0.05) is 17.3 Å². The van der Waals surface area contributed by atoms with E-state index in [0.29, 0.717) is 45.5 Å². The molecule has 0 unspecified atom stereocenters. The molecular formula is C28H24N4O5. The Kier molecular flexibility index (Phi) is 6.51. The number of amides is 1. The van der Waals surface area contributed by atoms with Crippen LogP contribution in [0, 0.1) is 6.92 Å². The molecule has 9 heteroatoms. The lowest BCUT2D eigenvalue weighted by molar-refractivity contribution is -0.116. The van der Waals surface area contributed by atoms with Crippen LogP contribution in [0.15, 0.2) is 75.9 Å². The van der Waals surface area contributed by atoms with Crippen molar-refractivity contribution >= 4 is 39.2 Å². The van der Waals surface area contributed by atoms with E-state index >= 15 is 0 Å². The first-order valence-corrected chi connectivity index (χ1v) is 11.8. The van der Waals surface area contributed by atoms with Crippen LogP contribution in [0.2, 0.25) is 0 Å². The van der Waals surface area contributed by atoms with E-state index < -0.39 is 0 Å². The third-order valence-corrected chi connectivity index (χ3v) is 6.18. The molecule has 0 aliphatic carbocycles. The van der Waals surface area contributed by atoms with Crippen molar-refractivity contribution in [1.29, 1.82) is 0 Å². The molecule has 0 aliphatic rings. The monoisotopic (exact) mass is 496 g/mol. The molecule has 2 aromatic heterocycles. The highest BCUT2D eigenvalue weighted by Crippen LogP contribution is 2.30. The van der Waals surface area contributed by atoms with E-state index in [1.54, 1.807) is 73.8 Å². The van der Waals surface area contributed by atoms with Crippen molar-refractivity contribution in [3.05, 3.63) is 94.0 Å². The Bertz CT molecular complexity index is 1690. The first kappa shape index (κ1) is 23.9. The van der Waals surface area contributed by atoms with Gasteiger partial charge < -0.3 is 14.5 Å². The fraction of sp³-hybridized carbons (Fsp3) is 0.179. The van der Waals surface area contributed by atoms with Crippen molar-refractivity contribution in [2.75, 3.05) is 12.4 Å². The number of ether oxygens (including phenoxy) is 1. The summed E-state index contributed by atoms with van der Waals surface area (Å²) in [5.41, 5.74) is 2.65. The van der Waals surface area contributed by atoms with Crippen LogP contribution in [0.4, 0.5) is 5.69 Å². The standard InChI is InChI=1S/C28H24N4O5/c1-17-22-16-19(11-14-24(22)37-27(17)26(34)18-9-12-20(36-2)13-10-18)29-25(33)8-5-15-32-28(35)21-6-3-4-7-23(21)30-31-32/h3-4,6-7,9-14,16H,5,8,15H2,1-2H3,(H,29,33). The molecule has 0 saturated heterocycles. The van der Waals surface area contributed by atoms with Crippen LogP contribution in [-0.2, 0) is 11.3 Å². The molecule has 37 heavy (non-hydrogen) atoms. The van der Waals surface area contributed by atoms with Crippen LogP contribution in [0.5, 0.6) is 5.75 Å². The number of anilines is 1. The van der Waals surface area contributed by atoms with Crippen molar-refractivity contribution in [2.24, 2.45) is 0 Å². The molecule has 1 N–H and O–H groups in total. The summed E-state index contributed by atoms with van der Waals surface area (Å²) in [5, 5.41) is 12.1. The second-order valence-electron chi connectivity index (χ2n) is 8.61. The van der Waals surface area contributed by atoms with E-state index in [1.807, 2.05) is 6.92 Å². The molecule has 0 radical (unpaired) electrons. The van der Waals surface area contributed by atoms with E-state index in [4.69, 9.17) is 9.15 Å². The van der Waals surface area contributed by atoms with Gasteiger partial charge in [-0.3, -0.25) is 14.4 Å². The van der Waals surface area contributed by atoms with Crippen molar-refractivity contribution in [2.45, 2.75) is 26.3 Å². The number of furan rings is 1. The van der Waals surface area contributed by atoms with Crippen LogP contribution < -0.4 is 15.6 Å². The average Bonchev–Trinajstić information content (AvgIpc) is 3.25. The molecule has 0 fully saturated rings. The summed E-state index contributed by atoms with van der Waals surface area (Å²) < 4.78 is 12.3. The van der Waals surface area contributed by atoms with Crippen LogP contribution in [0.3, 0.4) is 0 Å². The fourth-order valence-electron chi connectivity index (χ4n) is 4.17. The van der Waals surface area contributed by atoms with Gasteiger partial charge in [-0.25, -0.2) is 4.68 Å². The number of carbonyl (C=O) groups is 2. The van der Waals surface area contributed by atoms with Gasteiger partial charge in [-0.15, -0.1) is 5.10 Å². The van der Waals surface area contributed by atoms with Gasteiger partial charge in [0, 0.05) is 35.2 Å². The normalized spacial score (nSPS) is 11.1. The van der Waals surface area contributed by atoms with Crippen LogP contribution in [0.25, 0.3) is 21.9 Å². The van der Waals surface area contributed by atoms with E-state index in [0.717, 1.165) is 5.39 Å². The average molecular weight is 497 g/mol. The largest absolute Gasteiger partial charge is 0.497 e. The molecule has 9 nitrogen and oxygen atoms in total. The van der Waals surface area contributed by atoms with Crippen molar-refractivity contribution in [1.82, 2.24) is 15.0 Å². The Morgan fingerprint density at radius 1 is 1.03 bits per heavy atom. The third kappa shape index (κ3) is 4.84. The molecule has 3 aromatic carbocycles. The molecule has 0 spiro atoms. The second-order valence-corrected chi connectivity index (χ2v) is 8.61. The van der Waals surface area contributed by atoms with E-state index in [-0.39, 0.29) is 36.0 Å². The summed E-state index contributed by atoms with van der Waals surface area (Å²) in [7, 11) is 1.57. The number of aromatic nitrogens is 3. The van der Waals surface area contributed by atoms with Crippen molar-refractivity contribution in [3.8, 4) is 5.75 Å².